The second-order valence-corrected chi connectivity index (χ2v) is 8.07. The van der Waals surface area contributed by atoms with Crippen LogP contribution < -0.4 is 10.3 Å². The highest BCUT2D eigenvalue weighted by atomic mass is 35.5. The van der Waals surface area contributed by atoms with Crippen LogP contribution in [0.1, 0.15) is 24.6 Å². The van der Waals surface area contributed by atoms with E-state index in [9.17, 15) is 4.79 Å². The number of ether oxygens (including phenoxy) is 1. The summed E-state index contributed by atoms with van der Waals surface area (Å²) in [6.07, 6.45) is 3.16. The van der Waals surface area contributed by atoms with Gasteiger partial charge < -0.3 is 9.72 Å². The number of thiophene rings is 1. The lowest BCUT2D eigenvalue weighted by atomic mass is 9.97. The number of hydrogen-bond donors (Lipinski definition) is 1. The van der Waals surface area contributed by atoms with Gasteiger partial charge in [0.05, 0.1) is 17.6 Å². The van der Waals surface area contributed by atoms with Gasteiger partial charge in [0.1, 0.15) is 10.4 Å². The molecule has 3 nitrogen and oxygen atoms in total. The van der Waals surface area contributed by atoms with Gasteiger partial charge in [-0.15, -0.1) is 11.3 Å². The fourth-order valence-corrected chi connectivity index (χ4v) is 5.04. The van der Waals surface area contributed by atoms with Crippen molar-refractivity contribution in [2.45, 2.75) is 26.2 Å². The topological polar surface area (TPSA) is 42.1 Å². The fourth-order valence-electron chi connectivity index (χ4n) is 3.51. The minimum atomic E-state index is -0.0884. The van der Waals surface area contributed by atoms with Gasteiger partial charge >= 0.3 is 0 Å². The molecule has 2 aromatic heterocycles. The maximum absolute atomic E-state index is 12.8. The van der Waals surface area contributed by atoms with Crippen LogP contribution in [0.4, 0.5) is 0 Å². The SMILES string of the molecule is CCCCc1sc2c(=O)[nH]c3c(Cl)cc(OC)cc3c2c1-c1ccccc1. The smallest absolute Gasteiger partial charge is 0.266 e. The van der Waals surface area contributed by atoms with Crippen molar-refractivity contribution in [3.05, 3.63) is 62.7 Å². The highest BCUT2D eigenvalue weighted by Gasteiger charge is 2.20. The number of H-pyrrole nitrogens is 1. The number of unbranched alkanes of at least 4 members (excludes halogenated alkanes) is 1. The van der Waals surface area contributed by atoms with Crippen LogP contribution in [0.15, 0.2) is 47.3 Å². The molecule has 0 saturated heterocycles. The third-order valence-corrected chi connectivity index (χ3v) is 6.36. The summed E-state index contributed by atoms with van der Waals surface area (Å²) in [6, 6.07) is 14.0. The minimum absolute atomic E-state index is 0.0884. The Hall–Kier alpha value is -2.30. The normalized spacial score (nSPS) is 11.4. The molecule has 138 valence electrons. The van der Waals surface area contributed by atoms with Gasteiger partial charge in [-0.25, -0.2) is 0 Å². The highest BCUT2D eigenvalue weighted by molar-refractivity contribution is 7.19. The molecular formula is C22H20ClNO2S. The zero-order valence-electron chi connectivity index (χ0n) is 15.3. The Bertz CT molecular complexity index is 1180. The molecule has 0 aliphatic carbocycles. The molecule has 4 rings (SSSR count). The number of pyridine rings is 1. The summed E-state index contributed by atoms with van der Waals surface area (Å²) in [7, 11) is 1.62. The van der Waals surface area contributed by atoms with E-state index in [4.69, 9.17) is 16.3 Å². The Morgan fingerprint density at radius 2 is 1.96 bits per heavy atom. The van der Waals surface area contributed by atoms with Crippen molar-refractivity contribution in [2.75, 3.05) is 7.11 Å². The number of aromatic nitrogens is 1. The van der Waals surface area contributed by atoms with Gasteiger partial charge in [0, 0.05) is 27.3 Å². The van der Waals surface area contributed by atoms with E-state index >= 15 is 0 Å². The minimum Gasteiger partial charge on any atom is -0.497 e. The number of halogens is 1. The van der Waals surface area contributed by atoms with E-state index in [1.807, 2.05) is 24.3 Å². The number of aryl methyl sites for hydroxylation is 1. The van der Waals surface area contributed by atoms with Crippen molar-refractivity contribution < 1.29 is 4.74 Å². The number of nitrogens with one attached hydrogen (secondary N) is 1. The zero-order chi connectivity index (χ0) is 19.0. The number of rotatable bonds is 5. The standard InChI is InChI=1S/C22H20ClNO2S/c1-3-4-10-17-18(13-8-6-5-7-9-13)19-15-11-14(26-2)12-16(23)20(15)24-22(25)21(19)27-17/h5-9,11-12H,3-4,10H2,1-2H3,(H,24,25). The molecule has 0 aliphatic rings. The summed E-state index contributed by atoms with van der Waals surface area (Å²) < 4.78 is 6.17. The molecule has 4 aromatic rings. The average molecular weight is 398 g/mol. The Morgan fingerprint density at radius 3 is 2.67 bits per heavy atom. The Balaban J connectivity index is 2.17. The lowest BCUT2D eigenvalue weighted by Gasteiger charge is -2.09. The summed E-state index contributed by atoms with van der Waals surface area (Å²) in [5.41, 5.74) is 2.84. The largest absolute Gasteiger partial charge is 0.497 e. The van der Waals surface area contributed by atoms with Gasteiger partial charge in [-0.05, 0) is 24.5 Å². The highest BCUT2D eigenvalue weighted by Crippen LogP contribution is 2.43. The van der Waals surface area contributed by atoms with E-state index in [1.165, 1.54) is 4.88 Å². The van der Waals surface area contributed by atoms with Crippen molar-refractivity contribution in [3.8, 4) is 16.9 Å². The lowest BCUT2D eigenvalue weighted by molar-refractivity contribution is 0.415. The first-order valence-corrected chi connectivity index (χ1v) is 10.2. The Kier molecular flexibility index (Phi) is 4.94. The van der Waals surface area contributed by atoms with Crippen molar-refractivity contribution in [1.82, 2.24) is 4.98 Å². The van der Waals surface area contributed by atoms with Crippen LogP contribution >= 0.6 is 22.9 Å². The molecule has 0 spiro atoms. The van der Waals surface area contributed by atoms with E-state index < -0.39 is 0 Å². The summed E-state index contributed by atoms with van der Waals surface area (Å²) in [5, 5.41) is 2.38. The second kappa shape index (κ2) is 7.37. The average Bonchev–Trinajstić information content (AvgIpc) is 3.08. The van der Waals surface area contributed by atoms with Gasteiger partial charge in [-0.1, -0.05) is 55.3 Å². The van der Waals surface area contributed by atoms with Crippen LogP contribution in [-0.4, -0.2) is 12.1 Å². The predicted octanol–water partition coefficient (Wildman–Crippen LogP) is 6.41. The van der Waals surface area contributed by atoms with Crippen LogP contribution in [0.3, 0.4) is 0 Å². The maximum Gasteiger partial charge on any atom is 0.266 e. The molecule has 0 saturated carbocycles. The quantitative estimate of drug-likeness (QED) is 0.422. The van der Waals surface area contributed by atoms with Gasteiger partial charge in [0.15, 0.2) is 0 Å². The molecule has 0 fully saturated rings. The monoisotopic (exact) mass is 397 g/mol. The van der Waals surface area contributed by atoms with E-state index in [2.05, 4.69) is 24.0 Å². The first-order valence-electron chi connectivity index (χ1n) is 9.04. The molecule has 0 atom stereocenters. The Morgan fingerprint density at radius 1 is 1.19 bits per heavy atom. The molecule has 0 unspecified atom stereocenters. The van der Waals surface area contributed by atoms with E-state index in [-0.39, 0.29) is 5.56 Å². The predicted molar refractivity (Wildman–Crippen MR) is 116 cm³/mol. The summed E-state index contributed by atoms with van der Waals surface area (Å²) in [5.74, 6) is 0.682. The maximum atomic E-state index is 12.8. The summed E-state index contributed by atoms with van der Waals surface area (Å²) in [4.78, 5) is 17.0. The summed E-state index contributed by atoms with van der Waals surface area (Å²) in [6.45, 7) is 2.18. The Labute approximate surface area is 166 Å². The fraction of sp³-hybridized carbons (Fsp3) is 0.227. The van der Waals surface area contributed by atoms with E-state index in [0.29, 0.717) is 16.3 Å². The van der Waals surface area contributed by atoms with Crippen molar-refractivity contribution in [1.29, 1.82) is 0 Å². The lowest BCUT2D eigenvalue weighted by Crippen LogP contribution is -2.05. The number of fused-ring (bicyclic) bond motifs is 3. The second-order valence-electron chi connectivity index (χ2n) is 6.56. The van der Waals surface area contributed by atoms with Crippen molar-refractivity contribution in [2.24, 2.45) is 0 Å². The van der Waals surface area contributed by atoms with Gasteiger partial charge in [-0.2, -0.15) is 0 Å². The summed E-state index contributed by atoms with van der Waals surface area (Å²) >= 11 is 8.05. The number of benzene rings is 2. The molecule has 0 bridgehead atoms. The zero-order valence-corrected chi connectivity index (χ0v) is 16.8. The third-order valence-electron chi connectivity index (χ3n) is 4.81. The molecule has 2 aromatic carbocycles. The van der Waals surface area contributed by atoms with Crippen LogP contribution in [0.2, 0.25) is 5.02 Å². The van der Waals surface area contributed by atoms with Gasteiger partial charge in [0.25, 0.3) is 5.56 Å². The molecule has 0 aliphatic heterocycles. The molecule has 0 radical (unpaired) electrons. The van der Waals surface area contributed by atoms with Crippen molar-refractivity contribution in [3.63, 3.8) is 0 Å². The molecule has 27 heavy (non-hydrogen) atoms. The first-order chi connectivity index (χ1) is 13.1. The van der Waals surface area contributed by atoms with Gasteiger partial charge in [-0.3, -0.25) is 4.79 Å². The molecule has 2 heterocycles. The molecule has 1 N–H and O–H groups in total. The van der Waals surface area contributed by atoms with E-state index in [0.717, 1.165) is 45.9 Å². The first kappa shape index (κ1) is 18.1. The van der Waals surface area contributed by atoms with Crippen molar-refractivity contribution >= 4 is 43.9 Å². The molecule has 0 amide bonds. The van der Waals surface area contributed by atoms with Crippen LogP contribution in [0, 0.1) is 0 Å². The van der Waals surface area contributed by atoms with Crippen LogP contribution in [0.5, 0.6) is 5.75 Å². The molecular weight excluding hydrogens is 378 g/mol. The third kappa shape index (κ3) is 3.13. The van der Waals surface area contributed by atoms with Crippen LogP contribution in [-0.2, 0) is 6.42 Å². The van der Waals surface area contributed by atoms with Crippen LogP contribution in [0.25, 0.3) is 32.1 Å². The van der Waals surface area contributed by atoms with E-state index in [1.54, 1.807) is 24.5 Å². The number of hydrogen-bond acceptors (Lipinski definition) is 3. The number of aromatic amines is 1. The van der Waals surface area contributed by atoms with Gasteiger partial charge in [0.2, 0.25) is 0 Å². The number of methoxy groups -OCH3 is 1. The molecule has 5 heteroatoms.